The van der Waals surface area contributed by atoms with Crippen LogP contribution in [0.4, 0.5) is 0 Å². The molecule has 0 aliphatic carbocycles. The summed E-state index contributed by atoms with van der Waals surface area (Å²) in [6, 6.07) is 17.4. The van der Waals surface area contributed by atoms with E-state index in [2.05, 4.69) is 5.10 Å². The van der Waals surface area contributed by atoms with Crippen LogP contribution >= 0.6 is 12.4 Å². The molecule has 1 aliphatic rings. The third-order valence-corrected chi connectivity index (χ3v) is 4.37. The normalized spacial score (nSPS) is 18.2. The molecule has 24 heavy (non-hydrogen) atoms. The molecule has 4 rings (SSSR count). The van der Waals surface area contributed by atoms with Crippen LogP contribution in [0, 0.1) is 0 Å². The summed E-state index contributed by atoms with van der Waals surface area (Å²) in [5.74, 6) is 6.16. The molecular formula is C18H17ClN4O. The molecule has 1 unspecified atom stereocenters. The zero-order valence-electron chi connectivity index (χ0n) is 12.9. The number of halogens is 1. The number of nitrogens with zero attached hydrogens (tertiary/aromatic N) is 3. The maximum Gasteiger partial charge on any atom is 0.261 e. The summed E-state index contributed by atoms with van der Waals surface area (Å²) >= 11 is 0. The zero-order chi connectivity index (χ0) is 15.8. The highest BCUT2D eigenvalue weighted by molar-refractivity contribution is 5.94. The Balaban J connectivity index is 0.00000169. The lowest BCUT2D eigenvalue weighted by molar-refractivity contribution is 0.595. The van der Waals surface area contributed by atoms with E-state index in [9.17, 15) is 4.79 Å². The van der Waals surface area contributed by atoms with Crippen molar-refractivity contribution in [2.75, 3.05) is 0 Å². The summed E-state index contributed by atoms with van der Waals surface area (Å²) in [5, 5.41) is 4.62. The summed E-state index contributed by atoms with van der Waals surface area (Å²) in [4.78, 5) is 17.6. The first kappa shape index (κ1) is 16.2. The fourth-order valence-electron chi connectivity index (χ4n) is 3.27. The maximum atomic E-state index is 12.8. The average Bonchev–Trinajstić information content (AvgIpc) is 2.62. The predicted molar refractivity (Wildman–Crippen MR) is 97.8 cm³/mol. The highest BCUT2D eigenvalue weighted by Crippen LogP contribution is 2.30. The molecule has 122 valence electrons. The minimum absolute atomic E-state index is 0. The quantitative estimate of drug-likeness (QED) is 0.546. The van der Waals surface area contributed by atoms with E-state index in [4.69, 9.17) is 10.8 Å². The van der Waals surface area contributed by atoms with E-state index in [1.54, 1.807) is 4.57 Å². The molecule has 0 bridgehead atoms. The molecule has 6 heteroatoms. The van der Waals surface area contributed by atoms with Crippen molar-refractivity contribution in [2.45, 2.75) is 18.9 Å². The smallest absolute Gasteiger partial charge is 0.261 e. The van der Waals surface area contributed by atoms with Gasteiger partial charge >= 0.3 is 0 Å². The van der Waals surface area contributed by atoms with E-state index >= 15 is 0 Å². The van der Waals surface area contributed by atoms with Crippen LogP contribution in [0.2, 0.25) is 0 Å². The predicted octanol–water partition coefficient (Wildman–Crippen LogP) is 2.67. The van der Waals surface area contributed by atoms with Crippen molar-refractivity contribution in [3.8, 4) is 0 Å². The van der Waals surface area contributed by atoms with Crippen LogP contribution in [0.25, 0.3) is 10.9 Å². The Morgan fingerprint density at radius 2 is 1.79 bits per heavy atom. The Morgan fingerprint density at radius 1 is 1.08 bits per heavy atom. The van der Waals surface area contributed by atoms with Gasteiger partial charge in [0, 0.05) is 13.0 Å². The van der Waals surface area contributed by atoms with Gasteiger partial charge in [0.25, 0.3) is 5.56 Å². The van der Waals surface area contributed by atoms with E-state index in [1.165, 1.54) is 0 Å². The van der Waals surface area contributed by atoms with Gasteiger partial charge in [0.1, 0.15) is 5.82 Å². The van der Waals surface area contributed by atoms with Crippen molar-refractivity contribution in [2.24, 2.45) is 10.9 Å². The average molecular weight is 341 g/mol. The first-order valence-corrected chi connectivity index (χ1v) is 7.60. The molecule has 2 aromatic carbocycles. The van der Waals surface area contributed by atoms with Gasteiger partial charge < -0.3 is 5.84 Å². The Morgan fingerprint density at radius 3 is 2.54 bits per heavy atom. The second kappa shape index (κ2) is 6.45. The SMILES string of the molecule is Cl.NN=C1CCn2c(nc3ccccc3c2=O)C1c1ccccc1. The van der Waals surface area contributed by atoms with Crippen molar-refractivity contribution >= 4 is 29.0 Å². The summed E-state index contributed by atoms with van der Waals surface area (Å²) < 4.78 is 1.76. The molecule has 1 atom stereocenters. The first-order valence-electron chi connectivity index (χ1n) is 7.60. The fourth-order valence-corrected chi connectivity index (χ4v) is 3.27. The summed E-state index contributed by atoms with van der Waals surface area (Å²) in [6.45, 7) is 0.561. The third kappa shape index (κ3) is 2.47. The fraction of sp³-hybridized carbons (Fsp3) is 0.167. The second-order valence-electron chi connectivity index (χ2n) is 5.66. The Bertz CT molecular complexity index is 966. The molecule has 1 aliphatic heterocycles. The van der Waals surface area contributed by atoms with Gasteiger partial charge in [-0.15, -0.1) is 12.4 Å². The van der Waals surface area contributed by atoms with Crippen LogP contribution in [0.3, 0.4) is 0 Å². The first-order chi connectivity index (χ1) is 11.3. The monoisotopic (exact) mass is 340 g/mol. The van der Waals surface area contributed by atoms with E-state index in [-0.39, 0.29) is 23.9 Å². The zero-order valence-corrected chi connectivity index (χ0v) is 13.7. The lowest BCUT2D eigenvalue weighted by atomic mass is 9.88. The van der Waals surface area contributed by atoms with Gasteiger partial charge in [-0.25, -0.2) is 4.98 Å². The van der Waals surface area contributed by atoms with Gasteiger partial charge in [-0.1, -0.05) is 42.5 Å². The highest BCUT2D eigenvalue weighted by atomic mass is 35.5. The molecule has 3 aromatic rings. The second-order valence-corrected chi connectivity index (χ2v) is 5.66. The summed E-state index contributed by atoms with van der Waals surface area (Å²) in [5.41, 5.74) is 2.62. The van der Waals surface area contributed by atoms with Crippen molar-refractivity contribution in [3.05, 3.63) is 76.3 Å². The van der Waals surface area contributed by atoms with E-state index < -0.39 is 0 Å². The van der Waals surface area contributed by atoms with E-state index in [0.29, 0.717) is 23.9 Å². The van der Waals surface area contributed by atoms with Crippen LogP contribution in [0.1, 0.15) is 23.7 Å². The van der Waals surface area contributed by atoms with Crippen molar-refractivity contribution in [1.82, 2.24) is 9.55 Å². The Kier molecular flexibility index (Phi) is 4.36. The minimum atomic E-state index is -0.174. The number of para-hydroxylation sites is 1. The topological polar surface area (TPSA) is 73.3 Å². The van der Waals surface area contributed by atoms with Gasteiger partial charge in [0.15, 0.2) is 0 Å². The number of hydrogen-bond acceptors (Lipinski definition) is 4. The maximum absolute atomic E-state index is 12.8. The molecule has 0 radical (unpaired) electrons. The van der Waals surface area contributed by atoms with Crippen LogP contribution in [0.15, 0.2) is 64.5 Å². The Labute approximate surface area is 145 Å². The standard InChI is InChI=1S/C18H16N4O.ClH/c19-21-15-10-11-22-17(16(15)12-6-2-1-3-7-12)20-14-9-5-4-8-13(14)18(22)23;/h1-9,16H,10-11,19H2;1H. The lowest BCUT2D eigenvalue weighted by Gasteiger charge is -2.27. The van der Waals surface area contributed by atoms with Gasteiger partial charge in [-0.05, 0) is 17.7 Å². The number of hydrogen-bond donors (Lipinski definition) is 1. The van der Waals surface area contributed by atoms with Gasteiger partial charge in [0.05, 0.1) is 22.5 Å². The number of aromatic nitrogens is 2. The molecule has 0 amide bonds. The molecule has 2 N–H and O–H groups in total. The molecule has 0 spiro atoms. The largest absolute Gasteiger partial charge is 0.323 e. The summed E-state index contributed by atoms with van der Waals surface area (Å²) in [7, 11) is 0. The molecular weight excluding hydrogens is 324 g/mol. The van der Waals surface area contributed by atoms with Crippen molar-refractivity contribution in [3.63, 3.8) is 0 Å². The van der Waals surface area contributed by atoms with Gasteiger partial charge in [0.2, 0.25) is 0 Å². The van der Waals surface area contributed by atoms with E-state index in [1.807, 2.05) is 54.6 Å². The minimum Gasteiger partial charge on any atom is -0.323 e. The lowest BCUT2D eigenvalue weighted by Crippen LogP contribution is -2.35. The summed E-state index contributed by atoms with van der Waals surface area (Å²) in [6.07, 6.45) is 0.656. The Hall–Kier alpha value is -2.66. The third-order valence-electron chi connectivity index (χ3n) is 4.37. The number of benzene rings is 2. The highest BCUT2D eigenvalue weighted by Gasteiger charge is 2.30. The molecule has 0 fully saturated rings. The van der Waals surface area contributed by atoms with E-state index in [0.717, 1.165) is 17.1 Å². The number of fused-ring (bicyclic) bond motifs is 2. The molecule has 1 aromatic heterocycles. The van der Waals surface area contributed by atoms with Crippen LogP contribution < -0.4 is 11.4 Å². The number of nitrogens with two attached hydrogens (primary N) is 1. The van der Waals surface area contributed by atoms with Crippen LogP contribution in [-0.4, -0.2) is 15.3 Å². The molecule has 2 heterocycles. The number of hydrazone groups is 1. The molecule has 0 saturated carbocycles. The van der Waals surface area contributed by atoms with Crippen LogP contribution in [-0.2, 0) is 6.54 Å². The number of rotatable bonds is 1. The van der Waals surface area contributed by atoms with Gasteiger partial charge in [-0.2, -0.15) is 5.10 Å². The molecule has 0 saturated heterocycles. The van der Waals surface area contributed by atoms with Gasteiger partial charge in [-0.3, -0.25) is 9.36 Å². The van der Waals surface area contributed by atoms with Crippen LogP contribution in [0.5, 0.6) is 0 Å². The molecule has 5 nitrogen and oxygen atoms in total. The van der Waals surface area contributed by atoms with Crippen molar-refractivity contribution < 1.29 is 0 Å². The van der Waals surface area contributed by atoms with Crippen molar-refractivity contribution in [1.29, 1.82) is 0 Å².